The van der Waals surface area contributed by atoms with E-state index >= 15 is 0 Å². The van der Waals surface area contributed by atoms with Gasteiger partial charge in [0.2, 0.25) is 0 Å². The Kier molecular flexibility index (Phi) is 3.42. The highest BCUT2D eigenvalue weighted by Crippen LogP contribution is 2.39. The molecule has 3 nitrogen and oxygen atoms in total. The summed E-state index contributed by atoms with van der Waals surface area (Å²) >= 11 is 0. The van der Waals surface area contributed by atoms with Gasteiger partial charge in [0.25, 0.3) is 0 Å². The lowest BCUT2D eigenvalue weighted by molar-refractivity contribution is 0.134. The summed E-state index contributed by atoms with van der Waals surface area (Å²) in [6, 6.07) is 0. The zero-order chi connectivity index (χ0) is 9.86. The van der Waals surface area contributed by atoms with Crippen LogP contribution in [0.1, 0.15) is 32.1 Å². The van der Waals surface area contributed by atoms with Crippen molar-refractivity contribution in [1.82, 2.24) is 10.2 Å². The second-order valence-corrected chi connectivity index (χ2v) is 4.77. The summed E-state index contributed by atoms with van der Waals surface area (Å²) in [5.74, 6) is 0. The molecule has 3 heteroatoms. The number of piperazine rings is 1. The molecule has 0 unspecified atom stereocenters. The predicted octanol–water partition coefficient (Wildman–Crippen LogP) is 0.587. The highest BCUT2D eigenvalue weighted by molar-refractivity contribution is 4.92. The van der Waals surface area contributed by atoms with Crippen LogP contribution in [0.4, 0.5) is 0 Å². The fourth-order valence-corrected chi connectivity index (χ4v) is 2.12. The topological polar surface area (TPSA) is 35.5 Å². The van der Waals surface area contributed by atoms with Crippen LogP contribution in [0.3, 0.4) is 0 Å². The van der Waals surface area contributed by atoms with E-state index in [4.69, 9.17) is 0 Å². The number of hydrogen-bond donors (Lipinski definition) is 2. The lowest BCUT2D eigenvalue weighted by atomic mass is 10.1. The van der Waals surface area contributed by atoms with Crippen LogP contribution in [-0.2, 0) is 0 Å². The highest BCUT2D eigenvalue weighted by Gasteiger charge is 2.39. The number of hydrogen-bond acceptors (Lipinski definition) is 3. The lowest BCUT2D eigenvalue weighted by Crippen LogP contribution is -2.43. The summed E-state index contributed by atoms with van der Waals surface area (Å²) in [5, 5.41) is 13.0. The Morgan fingerprint density at radius 1 is 1.14 bits per heavy atom. The van der Waals surface area contributed by atoms with Gasteiger partial charge in [0, 0.05) is 26.2 Å². The van der Waals surface area contributed by atoms with E-state index in [2.05, 4.69) is 10.2 Å². The quantitative estimate of drug-likeness (QED) is 0.635. The van der Waals surface area contributed by atoms with E-state index < -0.39 is 0 Å². The third kappa shape index (κ3) is 3.23. The van der Waals surface area contributed by atoms with Crippen LogP contribution < -0.4 is 5.32 Å². The van der Waals surface area contributed by atoms with Gasteiger partial charge in [-0.3, -0.25) is 0 Å². The first-order chi connectivity index (χ1) is 6.79. The van der Waals surface area contributed by atoms with Gasteiger partial charge in [0.1, 0.15) is 0 Å². The molecule has 14 heavy (non-hydrogen) atoms. The summed E-state index contributed by atoms with van der Waals surface area (Å²) in [6.45, 7) is 5.90. The number of rotatable bonds is 5. The fourth-order valence-electron chi connectivity index (χ4n) is 2.12. The molecular weight excluding hydrogens is 176 g/mol. The maximum absolute atomic E-state index is 9.64. The molecule has 0 radical (unpaired) electrons. The molecule has 1 saturated heterocycles. The summed E-state index contributed by atoms with van der Waals surface area (Å²) in [7, 11) is 0. The smallest absolute Gasteiger partial charge is 0.0650 e. The first-order valence-electron chi connectivity index (χ1n) is 5.94. The van der Waals surface area contributed by atoms with Gasteiger partial charge < -0.3 is 15.3 Å². The molecule has 2 N–H and O–H groups in total. The predicted molar refractivity (Wildman–Crippen MR) is 57.3 cm³/mol. The largest absolute Gasteiger partial charge is 0.390 e. The van der Waals surface area contributed by atoms with Gasteiger partial charge in [-0.05, 0) is 38.6 Å². The van der Waals surface area contributed by atoms with E-state index in [1.807, 2.05) is 0 Å². The van der Waals surface area contributed by atoms with E-state index in [0.717, 1.165) is 32.4 Å². The van der Waals surface area contributed by atoms with E-state index in [1.165, 1.54) is 32.5 Å². The van der Waals surface area contributed by atoms with Crippen LogP contribution in [0.5, 0.6) is 0 Å². The molecule has 0 amide bonds. The van der Waals surface area contributed by atoms with E-state index in [-0.39, 0.29) is 5.60 Å². The summed E-state index contributed by atoms with van der Waals surface area (Å²) in [4.78, 5) is 2.52. The van der Waals surface area contributed by atoms with Gasteiger partial charge in [-0.2, -0.15) is 0 Å². The molecule has 82 valence electrons. The third-order valence-electron chi connectivity index (χ3n) is 3.40. The van der Waals surface area contributed by atoms with E-state index in [9.17, 15) is 5.11 Å². The first kappa shape index (κ1) is 10.4. The highest BCUT2D eigenvalue weighted by atomic mass is 16.3. The van der Waals surface area contributed by atoms with Crippen LogP contribution in [0.2, 0.25) is 0 Å². The molecule has 1 aliphatic carbocycles. The van der Waals surface area contributed by atoms with Gasteiger partial charge >= 0.3 is 0 Å². The number of nitrogens with one attached hydrogen (secondary N) is 1. The minimum atomic E-state index is -0.233. The Morgan fingerprint density at radius 2 is 1.86 bits per heavy atom. The molecule has 0 bridgehead atoms. The van der Waals surface area contributed by atoms with Gasteiger partial charge in [0.05, 0.1) is 5.60 Å². The van der Waals surface area contributed by atoms with Crippen LogP contribution in [0.15, 0.2) is 0 Å². The minimum Gasteiger partial charge on any atom is -0.390 e. The SMILES string of the molecule is OC1(CCCCN2CCNCC2)CC1. The Morgan fingerprint density at radius 3 is 2.50 bits per heavy atom. The monoisotopic (exact) mass is 198 g/mol. The van der Waals surface area contributed by atoms with Gasteiger partial charge in [0.15, 0.2) is 0 Å². The average Bonchev–Trinajstić information content (AvgIpc) is 2.94. The van der Waals surface area contributed by atoms with E-state index in [0.29, 0.717) is 0 Å². The Hall–Kier alpha value is -0.120. The molecule has 0 aromatic carbocycles. The molecule has 1 heterocycles. The zero-order valence-electron chi connectivity index (χ0n) is 8.97. The second kappa shape index (κ2) is 4.60. The molecule has 0 atom stereocenters. The molecular formula is C11H22N2O. The lowest BCUT2D eigenvalue weighted by Gasteiger charge is -2.27. The van der Waals surface area contributed by atoms with Crippen molar-refractivity contribution in [3.8, 4) is 0 Å². The fraction of sp³-hybridized carbons (Fsp3) is 1.00. The molecule has 2 aliphatic rings. The van der Waals surface area contributed by atoms with Gasteiger partial charge in [-0.25, -0.2) is 0 Å². The van der Waals surface area contributed by atoms with Crippen molar-refractivity contribution in [3.05, 3.63) is 0 Å². The average molecular weight is 198 g/mol. The Bertz CT molecular complexity index is 174. The molecule has 0 aromatic heterocycles. The van der Waals surface area contributed by atoms with Crippen molar-refractivity contribution in [1.29, 1.82) is 0 Å². The summed E-state index contributed by atoms with van der Waals surface area (Å²) in [5.41, 5.74) is -0.233. The number of unbranched alkanes of at least 4 members (excludes halogenated alkanes) is 1. The van der Waals surface area contributed by atoms with Crippen molar-refractivity contribution in [2.75, 3.05) is 32.7 Å². The van der Waals surface area contributed by atoms with Crippen LogP contribution in [0.25, 0.3) is 0 Å². The molecule has 1 saturated carbocycles. The van der Waals surface area contributed by atoms with E-state index in [1.54, 1.807) is 0 Å². The summed E-state index contributed by atoms with van der Waals surface area (Å²) < 4.78 is 0. The maximum Gasteiger partial charge on any atom is 0.0650 e. The maximum atomic E-state index is 9.64. The minimum absolute atomic E-state index is 0.233. The van der Waals surface area contributed by atoms with Crippen LogP contribution in [-0.4, -0.2) is 48.3 Å². The molecule has 0 spiro atoms. The Balaban J connectivity index is 1.49. The number of aliphatic hydroxyl groups is 1. The molecule has 0 aromatic rings. The third-order valence-corrected chi connectivity index (χ3v) is 3.40. The van der Waals surface area contributed by atoms with Crippen LogP contribution in [0, 0.1) is 0 Å². The summed E-state index contributed by atoms with van der Waals surface area (Å²) in [6.07, 6.45) is 5.56. The van der Waals surface area contributed by atoms with Crippen molar-refractivity contribution >= 4 is 0 Å². The van der Waals surface area contributed by atoms with Crippen molar-refractivity contribution in [2.45, 2.75) is 37.7 Å². The van der Waals surface area contributed by atoms with Crippen LogP contribution >= 0.6 is 0 Å². The standard InChI is InChI=1S/C11H22N2O/c14-11(4-5-11)3-1-2-8-13-9-6-12-7-10-13/h12,14H,1-10H2. The Labute approximate surface area is 86.5 Å². The van der Waals surface area contributed by atoms with Crippen molar-refractivity contribution < 1.29 is 5.11 Å². The van der Waals surface area contributed by atoms with Crippen molar-refractivity contribution in [2.24, 2.45) is 0 Å². The molecule has 1 aliphatic heterocycles. The second-order valence-electron chi connectivity index (χ2n) is 4.77. The number of nitrogens with zero attached hydrogens (tertiary/aromatic N) is 1. The normalized spacial score (nSPS) is 26.4. The van der Waals surface area contributed by atoms with Gasteiger partial charge in [-0.1, -0.05) is 0 Å². The molecule has 2 rings (SSSR count). The first-order valence-corrected chi connectivity index (χ1v) is 5.94. The molecule has 2 fully saturated rings. The van der Waals surface area contributed by atoms with Crippen molar-refractivity contribution in [3.63, 3.8) is 0 Å². The van der Waals surface area contributed by atoms with Gasteiger partial charge in [-0.15, -0.1) is 0 Å². The zero-order valence-corrected chi connectivity index (χ0v) is 8.97.